The normalized spacial score (nSPS) is 13.6. The third-order valence-corrected chi connectivity index (χ3v) is 6.53. The fourth-order valence-corrected chi connectivity index (χ4v) is 4.59. The van der Waals surface area contributed by atoms with Crippen LogP contribution in [0.15, 0.2) is 58.4 Å². The topological polar surface area (TPSA) is 79.8 Å². The van der Waals surface area contributed by atoms with Crippen molar-refractivity contribution in [2.24, 2.45) is 4.99 Å². The molecule has 0 aliphatic heterocycles. The van der Waals surface area contributed by atoms with E-state index < -0.39 is 15.7 Å². The lowest BCUT2D eigenvalue weighted by Gasteiger charge is -2.23. The summed E-state index contributed by atoms with van der Waals surface area (Å²) in [6, 6.07) is 12.6. The molecule has 0 spiro atoms. The van der Waals surface area contributed by atoms with E-state index in [0.29, 0.717) is 23.8 Å². The van der Waals surface area contributed by atoms with Crippen LogP contribution in [-0.2, 0) is 9.84 Å². The van der Waals surface area contributed by atoms with Crippen molar-refractivity contribution in [3.63, 3.8) is 0 Å². The maximum Gasteiger partial charge on any atom is 0.191 e. The molecule has 9 heteroatoms. The highest BCUT2D eigenvalue weighted by atomic mass is 127. The van der Waals surface area contributed by atoms with Crippen LogP contribution >= 0.6 is 24.0 Å². The van der Waals surface area contributed by atoms with Crippen LogP contribution in [0.25, 0.3) is 0 Å². The SMILES string of the molecule is CCN=C(NC(CC)CS(=O)(=O)c1ccccc1)NC(C)c1ccc(OC)c(F)c1.I. The van der Waals surface area contributed by atoms with Crippen LogP contribution in [-0.4, -0.2) is 39.8 Å². The van der Waals surface area contributed by atoms with Crippen molar-refractivity contribution in [2.75, 3.05) is 19.4 Å². The van der Waals surface area contributed by atoms with Crippen molar-refractivity contribution >= 4 is 39.8 Å². The fraction of sp³-hybridized carbons (Fsp3) is 0.409. The zero-order valence-corrected chi connectivity index (χ0v) is 21.4. The fourth-order valence-electron chi connectivity index (χ4n) is 2.98. The predicted octanol–water partition coefficient (Wildman–Crippen LogP) is 4.32. The van der Waals surface area contributed by atoms with Crippen LogP contribution in [0.2, 0.25) is 0 Å². The summed E-state index contributed by atoms with van der Waals surface area (Å²) in [5, 5.41) is 6.44. The van der Waals surface area contributed by atoms with Gasteiger partial charge in [-0.15, -0.1) is 24.0 Å². The minimum atomic E-state index is -3.43. The molecule has 0 aromatic heterocycles. The van der Waals surface area contributed by atoms with Gasteiger partial charge in [0.05, 0.1) is 23.8 Å². The zero-order valence-electron chi connectivity index (χ0n) is 18.3. The number of halogens is 2. The number of sulfone groups is 1. The molecule has 31 heavy (non-hydrogen) atoms. The van der Waals surface area contributed by atoms with Crippen LogP contribution < -0.4 is 15.4 Å². The third kappa shape index (κ3) is 7.95. The summed E-state index contributed by atoms with van der Waals surface area (Å²) >= 11 is 0. The van der Waals surface area contributed by atoms with Gasteiger partial charge in [-0.25, -0.2) is 12.8 Å². The molecule has 2 rings (SSSR count). The molecule has 2 N–H and O–H groups in total. The lowest BCUT2D eigenvalue weighted by molar-refractivity contribution is 0.386. The molecule has 0 bridgehead atoms. The highest BCUT2D eigenvalue weighted by Gasteiger charge is 2.21. The van der Waals surface area contributed by atoms with Crippen LogP contribution in [0.5, 0.6) is 5.75 Å². The minimum Gasteiger partial charge on any atom is -0.494 e. The second-order valence-electron chi connectivity index (χ2n) is 6.93. The number of aliphatic imine (C=N–C) groups is 1. The first-order chi connectivity index (χ1) is 14.3. The Labute approximate surface area is 201 Å². The van der Waals surface area contributed by atoms with Crippen LogP contribution in [0.4, 0.5) is 4.39 Å². The van der Waals surface area contributed by atoms with Crippen molar-refractivity contribution in [3.8, 4) is 5.75 Å². The molecule has 172 valence electrons. The molecule has 0 aliphatic carbocycles. The minimum absolute atomic E-state index is 0. The number of rotatable bonds is 9. The summed E-state index contributed by atoms with van der Waals surface area (Å²) in [5.41, 5.74) is 0.726. The lowest BCUT2D eigenvalue weighted by atomic mass is 10.1. The van der Waals surface area contributed by atoms with Crippen LogP contribution in [0.1, 0.15) is 38.8 Å². The molecular formula is C22H31FIN3O3S. The monoisotopic (exact) mass is 563 g/mol. The summed E-state index contributed by atoms with van der Waals surface area (Å²) in [7, 11) is -2.01. The average molecular weight is 563 g/mol. The first-order valence-corrected chi connectivity index (χ1v) is 11.6. The molecule has 2 unspecified atom stereocenters. The molecule has 0 saturated carbocycles. The summed E-state index contributed by atoms with van der Waals surface area (Å²) < 4.78 is 44.5. The van der Waals surface area contributed by atoms with E-state index in [1.807, 2.05) is 20.8 Å². The van der Waals surface area contributed by atoms with E-state index in [9.17, 15) is 12.8 Å². The second-order valence-corrected chi connectivity index (χ2v) is 8.96. The van der Waals surface area contributed by atoms with Gasteiger partial charge in [-0.05, 0) is 50.1 Å². The Bertz CT molecular complexity index is 956. The van der Waals surface area contributed by atoms with Gasteiger partial charge in [0.15, 0.2) is 27.4 Å². The summed E-state index contributed by atoms with van der Waals surface area (Å²) in [4.78, 5) is 4.72. The third-order valence-electron chi connectivity index (χ3n) is 4.70. The Morgan fingerprint density at radius 1 is 1.13 bits per heavy atom. The molecule has 0 saturated heterocycles. The summed E-state index contributed by atoms with van der Waals surface area (Å²) in [5.74, 6) is 0.176. The van der Waals surface area contributed by atoms with Gasteiger partial charge >= 0.3 is 0 Å². The molecule has 2 aromatic rings. The van der Waals surface area contributed by atoms with E-state index in [2.05, 4.69) is 15.6 Å². The molecule has 6 nitrogen and oxygen atoms in total. The van der Waals surface area contributed by atoms with E-state index in [1.54, 1.807) is 42.5 Å². The molecule has 0 radical (unpaired) electrons. The Morgan fingerprint density at radius 3 is 2.35 bits per heavy atom. The van der Waals surface area contributed by atoms with Gasteiger partial charge in [0, 0.05) is 12.6 Å². The van der Waals surface area contributed by atoms with Crippen molar-refractivity contribution in [2.45, 2.75) is 44.2 Å². The van der Waals surface area contributed by atoms with Gasteiger partial charge in [-0.1, -0.05) is 31.2 Å². The number of benzene rings is 2. The number of nitrogens with zero attached hydrogens (tertiary/aromatic N) is 1. The largest absolute Gasteiger partial charge is 0.494 e. The maximum atomic E-state index is 14.0. The summed E-state index contributed by atoms with van der Waals surface area (Å²) in [6.07, 6.45) is 0.599. The molecule has 0 aliphatic rings. The molecule has 2 atom stereocenters. The van der Waals surface area contributed by atoms with E-state index in [-0.39, 0.29) is 47.6 Å². The van der Waals surface area contributed by atoms with E-state index in [0.717, 1.165) is 5.56 Å². The standard InChI is InChI=1S/C22H30FN3O3S.HI/c1-5-18(15-30(27,28)19-10-8-7-9-11-19)26-22(24-6-2)25-16(3)17-12-13-21(29-4)20(23)14-17;/h7-14,16,18H,5-6,15H2,1-4H3,(H2,24,25,26);1H. The number of ether oxygens (including phenoxy) is 1. The first kappa shape index (κ1) is 27.2. The van der Waals surface area contributed by atoms with E-state index >= 15 is 0 Å². The average Bonchev–Trinajstić information content (AvgIpc) is 2.73. The number of nitrogens with one attached hydrogen (secondary N) is 2. The Balaban J connectivity index is 0.00000480. The highest BCUT2D eigenvalue weighted by Crippen LogP contribution is 2.21. The summed E-state index contributed by atoms with van der Waals surface area (Å²) in [6.45, 7) is 6.21. The van der Waals surface area contributed by atoms with Crippen molar-refractivity contribution in [1.82, 2.24) is 10.6 Å². The van der Waals surface area contributed by atoms with Gasteiger partial charge in [0.1, 0.15) is 0 Å². The Kier molecular flexibility index (Phi) is 11.3. The van der Waals surface area contributed by atoms with E-state index in [1.165, 1.54) is 13.2 Å². The molecule has 0 heterocycles. The predicted molar refractivity (Wildman–Crippen MR) is 134 cm³/mol. The van der Waals surface area contributed by atoms with Gasteiger partial charge in [0.2, 0.25) is 0 Å². The number of hydrogen-bond acceptors (Lipinski definition) is 4. The van der Waals surface area contributed by atoms with Crippen LogP contribution in [0, 0.1) is 5.82 Å². The molecule has 0 amide bonds. The number of guanidine groups is 1. The van der Waals surface area contributed by atoms with Gasteiger partial charge in [-0.3, -0.25) is 4.99 Å². The Morgan fingerprint density at radius 2 is 1.81 bits per heavy atom. The zero-order chi connectivity index (χ0) is 22.1. The van der Waals surface area contributed by atoms with Crippen molar-refractivity contribution < 1.29 is 17.5 Å². The molecule has 0 fully saturated rings. The van der Waals surface area contributed by atoms with Crippen molar-refractivity contribution in [3.05, 3.63) is 59.9 Å². The molecular weight excluding hydrogens is 532 g/mol. The van der Waals surface area contributed by atoms with Crippen LogP contribution in [0.3, 0.4) is 0 Å². The van der Waals surface area contributed by atoms with Gasteiger partial charge in [0.25, 0.3) is 0 Å². The number of methoxy groups -OCH3 is 1. The smallest absolute Gasteiger partial charge is 0.191 e. The highest BCUT2D eigenvalue weighted by molar-refractivity contribution is 14.0. The first-order valence-electron chi connectivity index (χ1n) is 9.99. The Hall–Kier alpha value is -1.88. The molecule has 2 aromatic carbocycles. The second kappa shape index (κ2) is 12.8. The maximum absolute atomic E-state index is 14.0. The lowest BCUT2D eigenvalue weighted by Crippen LogP contribution is -2.46. The quantitative estimate of drug-likeness (QED) is 0.270. The van der Waals surface area contributed by atoms with Crippen molar-refractivity contribution in [1.29, 1.82) is 0 Å². The van der Waals surface area contributed by atoms with E-state index in [4.69, 9.17) is 4.74 Å². The van der Waals surface area contributed by atoms with Gasteiger partial charge in [-0.2, -0.15) is 0 Å². The number of hydrogen-bond donors (Lipinski definition) is 2. The van der Waals surface area contributed by atoms with Gasteiger partial charge < -0.3 is 15.4 Å².